The van der Waals surface area contributed by atoms with E-state index in [1.807, 2.05) is 36.4 Å². The Labute approximate surface area is 81.8 Å². The smallest absolute Gasteiger partial charge is 0.0963 e. The predicted molar refractivity (Wildman–Crippen MR) is 55.6 cm³/mol. The lowest BCUT2D eigenvalue weighted by molar-refractivity contribution is 1.29. The highest BCUT2D eigenvalue weighted by Gasteiger charge is 2.23. The molecule has 14 heavy (non-hydrogen) atoms. The van der Waals surface area contributed by atoms with Crippen LogP contribution in [0.4, 0.5) is 0 Å². The van der Waals surface area contributed by atoms with Crippen molar-refractivity contribution in [3.63, 3.8) is 0 Å². The Hall–Kier alpha value is -1.96. The lowest BCUT2D eigenvalue weighted by Crippen LogP contribution is -1.97. The van der Waals surface area contributed by atoms with Gasteiger partial charge in [-0.1, -0.05) is 30.3 Å². The first-order valence-corrected chi connectivity index (χ1v) is 4.51. The second-order valence-corrected chi connectivity index (χ2v) is 3.32. The van der Waals surface area contributed by atoms with Crippen LogP contribution in [-0.2, 0) is 0 Å². The Morgan fingerprint density at radius 1 is 0.857 bits per heavy atom. The van der Waals surface area contributed by atoms with Crippen LogP contribution < -0.4 is 0 Å². The van der Waals surface area contributed by atoms with E-state index in [1.54, 1.807) is 6.20 Å². The molecule has 1 aromatic carbocycles. The van der Waals surface area contributed by atoms with Gasteiger partial charge in [0.25, 0.3) is 0 Å². The summed E-state index contributed by atoms with van der Waals surface area (Å²) in [6, 6.07) is 11.9. The molecule has 1 heterocycles. The van der Waals surface area contributed by atoms with Crippen LogP contribution in [0.25, 0.3) is 11.1 Å². The van der Waals surface area contributed by atoms with E-state index in [1.165, 1.54) is 0 Å². The number of aromatic nitrogens is 1. The van der Waals surface area contributed by atoms with Gasteiger partial charge in [-0.15, -0.1) is 0 Å². The molecule has 0 saturated carbocycles. The van der Waals surface area contributed by atoms with Crippen molar-refractivity contribution in [3.05, 3.63) is 53.9 Å². The molecule has 2 nitrogen and oxygen atoms in total. The summed E-state index contributed by atoms with van der Waals surface area (Å²) in [6.07, 6.45) is 1.74. The molecule has 0 atom stereocenters. The molecule has 0 radical (unpaired) electrons. The van der Waals surface area contributed by atoms with E-state index in [0.717, 1.165) is 22.4 Å². The number of pyridine rings is 1. The highest BCUT2D eigenvalue weighted by molar-refractivity contribution is 6.21. The van der Waals surface area contributed by atoms with E-state index in [0.29, 0.717) is 5.71 Å². The molecule has 0 fully saturated rings. The molecule has 66 valence electrons. The highest BCUT2D eigenvalue weighted by Crippen LogP contribution is 2.34. The standard InChI is InChI=1S/C12H8N2/c13-11-9-5-2-1-4-8(9)10-6-3-7-14-12(10)11/h1-7,13H. The Bertz CT molecular complexity index is 482. The summed E-state index contributed by atoms with van der Waals surface area (Å²) in [5.74, 6) is 0. The van der Waals surface area contributed by atoms with E-state index in [9.17, 15) is 0 Å². The zero-order chi connectivity index (χ0) is 9.54. The zero-order valence-electron chi connectivity index (χ0n) is 7.49. The molecule has 1 aliphatic rings. The molecule has 1 N–H and O–H groups in total. The third kappa shape index (κ3) is 0.799. The van der Waals surface area contributed by atoms with Crippen molar-refractivity contribution in [1.82, 2.24) is 4.98 Å². The maximum atomic E-state index is 7.95. The van der Waals surface area contributed by atoms with E-state index >= 15 is 0 Å². The van der Waals surface area contributed by atoms with E-state index in [4.69, 9.17) is 5.41 Å². The van der Waals surface area contributed by atoms with Crippen molar-refractivity contribution >= 4 is 5.71 Å². The minimum atomic E-state index is 0.538. The number of fused-ring (bicyclic) bond motifs is 3. The zero-order valence-corrected chi connectivity index (χ0v) is 7.49. The lowest BCUT2D eigenvalue weighted by atomic mass is 10.1. The van der Waals surface area contributed by atoms with Gasteiger partial charge in [0.2, 0.25) is 0 Å². The van der Waals surface area contributed by atoms with Crippen LogP contribution in [0.1, 0.15) is 11.3 Å². The summed E-state index contributed by atoms with van der Waals surface area (Å²) in [5.41, 5.74) is 4.53. The second kappa shape index (κ2) is 2.51. The van der Waals surface area contributed by atoms with Crippen molar-refractivity contribution < 1.29 is 0 Å². The maximum absolute atomic E-state index is 7.95. The first kappa shape index (κ1) is 7.44. The van der Waals surface area contributed by atoms with E-state index in [-0.39, 0.29) is 0 Å². The topological polar surface area (TPSA) is 36.7 Å². The van der Waals surface area contributed by atoms with Gasteiger partial charge in [-0.25, -0.2) is 0 Å². The Balaban J connectivity index is 2.42. The second-order valence-electron chi connectivity index (χ2n) is 3.32. The van der Waals surface area contributed by atoms with Gasteiger partial charge in [-0.2, -0.15) is 0 Å². The molecule has 0 aliphatic heterocycles. The van der Waals surface area contributed by atoms with Gasteiger partial charge in [0, 0.05) is 17.3 Å². The monoisotopic (exact) mass is 180 g/mol. The van der Waals surface area contributed by atoms with Gasteiger partial charge in [0.1, 0.15) is 0 Å². The fourth-order valence-corrected chi connectivity index (χ4v) is 1.89. The Morgan fingerprint density at radius 3 is 2.43 bits per heavy atom. The minimum absolute atomic E-state index is 0.538. The van der Waals surface area contributed by atoms with Crippen LogP contribution in [0, 0.1) is 5.41 Å². The Kier molecular flexibility index (Phi) is 1.34. The van der Waals surface area contributed by atoms with Gasteiger partial charge >= 0.3 is 0 Å². The molecular formula is C12H8N2. The number of nitrogens with one attached hydrogen (secondary N) is 1. The summed E-state index contributed by atoms with van der Waals surface area (Å²) in [5, 5.41) is 7.95. The van der Waals surface area contributed by atoms with Gasteiger partial charge in [-0.05, 0) is 11.6 Å². The molecule has 0 spiro atoms. The van der Waals surface area contributed by atoms with Gasteiger partial charge < -0.3 is 0 Å². The average molecular weight is 180 g/mol. The van der Waals surface area contributed by atoms with Gasteiger partial charge in [0.05, 0.1) is 11.4 Å². The molecule has 0 unspecified atom stereocenters. The number of hydrogen-bond acceptors (Lipinski definition) is 2. The molecular weight excluding hydrogens is 172 g/mol. The first-order chi connectivity index (χ1) is 6.88. The minimum Gasteiger partial charge on any atom is -0.298 e. The summed E-state index contributed by atoms with van der Waals surface area (Å²) < 4.78 is 0. The van der Waals surface area contributed by atoms with Crippen molar-refractivity contribution in [2.75, 3.05) is 0 Å². The summed E-state index contributed by atoms with van der Waals surface area (Å²) >= 11 is 0. The fourth-order valence-electron chi connectivity index (χ4n) is 1.89. The van der Waals surface area contributed by atoms with E-state index in [2.05, 4.69) is 4.98 Å². The average Bonchev–Trinajstić information content (AvgIpc) is 2.55. The van der Waals surface area contributed by atoms with Crippen LogP contribution in [0.5, 0.6) is 0 Å². The number of benzene rings is 1. The van der Waals surface area contributed by atoms with Crippen molar-refractivity contribution in [2.45, 2.75) is 0 Å². The van der Waals surface area contributed by atoms with Crippen molar-refractivity contribution in [1.29, 1.82) is 5.41 Å². The van der Waals surface area contributed by atoms with Gasteiger partial charge in [0.15, 0.2) is 0 Å². The SMILES string of the molecule is N=C1c2ccccc2-c2cccnc21. The highest BCUT2D eigenvalue weighted by atomic mass is 14.7. The van der Waals surface area contributed by atoms with E-state index < -0.39 is 0 Å². The molecule has 0 bridgehead atoms. The quantitative estimate of drug-likeness (QED) is 0.567. The normalized spacial score (nSPS) is 12.4. The molecule has 1 aliphatic carbocycles. The third-order valence-corrected chi connectivity index (χ3v) is 2.53. The third-order valence-electron chi connectivity index (χ3n) is 2.53. The first-order valence-electron chi connectivity index (χ1n) is 4.51. The molecule has 1 aromatic heterocycles. The molecule has 2 aromatic rings. The van der Waals surface area contributed by atoms with Gasteiger partial charge in [-0.3, -0.25) is 10.4 Å². The Morgan fingerprint density at radius 2 is 1.57 bits per heavy atom. The van der Waals surface area contributed by atoms with Crippen LogP contribution in [0.3, 0.4) is 0 Å². The summed E-state index contributed by atoms with van der Waals surface area (Å²) in [6.45, 7) is 0. The number of nitrogens with zero attached hydrogens (tertiary/aromatic N) is 1. The number of hydrogen-bond donors (Lipinski definition) is 1. The van der Waals surface area contributed by atoms with Crippen LogP contribution in [0.15, 0.2) is 42.6 Å². The fraction of sp³-hybridized carbons (Fsp3) is 0. The van der Waals surface area contributed by atoms with Crippen molar-refractivity contribution in [3.8, 4) is 11.1 Å². The summed E-state index contributed by atoms with van der Waals surface area (Å²) in [4.78, 5) is 4.23. The largest absolute Gasteiger partial charge is 0.298 e. The molecule has 3 rings (SSSR count). The van der Waals surface area contributed by atoms with Crippen molar-refractivity contribution in [2.24, 2.45) is 0 Å². The van der Waals surface area contributed by atoms with Crippen LogP contribution in [-0.4, -0.2) is 10.7 Å². The molecule has 0 amide bonds. The van der Waals surface area contributed by atoms with Crippen LogP contribution in [0.2, 0.25) is 0 Å². The molecule has 2 heteroatoms. The lowest BCUT2D eigenvalue weighted by Gasteiger charge is -1.96. The van der Waals surface area contributed by atoms with Crippen LogP contribution >= 0.6 is 0 Å². The maximum Gasteiger partial charge on any atom is 0.0963 e. The predicted octanol–water partition coefficient (Wildman–Crippen LogP) is 2.48. The number of rotatable bonds is 0. The molecule has 0 saturated heterocycles. The summed E-state index contributed by atoms with van der Waals surface area (Å²) in [7, 11) is 0.